The van der Waals surface area contributed by atoms with Crippen molar-refractivity contribution in [3.63, 3.8) is 0 Å². The van der Waals surface area contributed by atoms with Gasteiger partial charge in [0.2, 0.25) is 0 Å². The molecule has 0 bridgehead atoms. The zero-order valence-corrected chi connectivity index (χ0v) is 42.1. The van der Waals surface area contributed by atoms with Gasteiger partial charge in [-0.3, -0.25) is 0 Å². The predicted molar refractivity (Wildman–Crippen MR) is 322 cm³/mol. The smallest absolute Gasteiger partial charge is 0.0542 e. The van der Waals surface area contributed by atoms with Crippen molar-refractivity contribution in [2.75, 3.05) is 9.80 Å². The highest BCUT2D eigenvalue weighted by Gasteiger charge is 2.22. The lowest BCUT2D eigenvalue weighted by Gasteiger charge is -2.29. The Kier molecular flexibility index (Phi) is 11.4. The lowest BCUT2D eigenvalue weighted by Crippen LogP contribution is -2.17. The van der Waals surface area contributed by atoms with Crippen molar-refractivity contribution >= 4 is 77.7 Å². The van der Waals surface area contributed by atoms with E-state index >= 15 is 0 Å². The number of anilines is 5. The van der Waals surface area contributed by atoms with Gasteiger partial charge in [0.1, 0.15) is 0 Å². The van der Waals surface area contributed by atoms with Gasteiger partial charge >= 0.3 is 0 Å². The molecule has 0 N–H and O–H groups in total. The maximum atomic E-state index is 2.46. The Labute approximate surface area is 444 Å². The topological polar surface area (TPSA) is 16.3 Å². The van der Waals surface area contributed by atoms with Crippen molar-refractivity contribution in [3.8, 4) is 27.9 Å². The van der Waals surface area contributed by atoms with E-state index in [2.05, 4.69) is 304 Å². The molecule has 4 heteroatoms. The predicted octanol–water partition coefficient (Wildman–Crippen LogP) is 19.7. The standard InChI is InChI=1S/C72H54N4/c1-5-17-51(18-6-1)53-29-37-59(38-30-53)73(63-45-47-71-67(49-63)65-25-13-15-27-69(65)75(71)57-21-9-3-10-22-57)61-41-33-55(34-42-61)56-35-43-62(44-36-56)74(60-39-31-54(32-40-60)52-19-7-2-8-20-52)64-46-48-72-68(50-64)66-26-14-16-28-70(66)76(72)58-23-11-4-12-24-58/h1-11,13-23,25-29,31-50,53H,12,24,30H2. The Hall–Kier alpha value is -9.64. The zero-order valence-electron chi connectivity index (χ0n) is 42.1. The molecule has 0 aliphatic heterocycles. The normalized spacial score (nSPS) is 14.3. The van der Waals surface area contributed by atoms with E-state index in [-0.39, 0.29) is 0 Å². The van der Waals surface area contributed by atoms with Crippen LogP contribution in [0.4, 0.5) is 28.4 Å². The summed E-state index contributed by atoms with van der Waals surface area (Å²) in [6.45, 7) is 0. The van der Waals surface area contributed by atoms with Crippen LogP contribution in [-0.2, 0) is 0 Å². The highest BCUT2D eigenvalue weighted by atomic mass is 15.2. The summed E-state index contributed by atoms with van der Waals surface area (Å²) in [5.74, 6) is 0.333. The van der Waals surface area contributed by atoms with Gasteiger partial charge in [0.05, 0.1) is 22.1 Å². The van der Waals surface area contributed by atoms with E-state index in [0.717, 1.165) is 64.5 Å². The van der Waals surface area contributed by atoms with Gasteiger partial charge < -0.3 is 18.9 Å². The summed E-state index contributed by atoms with van der Waals surface area (Å²) in [6.07, 6.45) is 16.8. The second kappa shape index (κ2) is 19.3. The monoisotopic (exact) mass is 974 g/mol. The largest absolute Gasteiger partial charge is 0.313 e. The molecule has 0 radical (unpaired) electrons. The molecule has 1 unspecified atom stereocenters. The SMILES string of the molecule is C1=CCCC(n2c3ccccc3c3cc(N(c4ccc(-c5ccccc5)cc4)c4ccc(-c5ccc(N(C6=CCC(c7ccccc7)C=C6)c6ccc7c(c6)c6ccccc6n7-c6ccccc6)cc5)cc4)ccc32)=C1. The number of aromatic nitrogens is 2. The summed E-state index contributed by atoms with van der Waals surface area (Å²) in [4.78, 5) is 4.83. The quantitative estimate of drug-likeness (QED) is 0.128. The highest BCUT2D eigenvalue weighted by molar-refractivity contribution is 6.12. The van der Waals surface area contributed by atoms with Crippen LogP contribution in [0.2, 0.25) is 0 Å². The number of para-hydroxylation sites is 3. The van der Waals surface area contributed by atoms with Crippen molar-refractivity contribution in [1.29, 1.82) is 0 Å². The van der Waals surface area contributed by atoms with Crippen LogP contribution in [-0.4, -0.2) is 9.13 Å². The Morgan fingerprint density at radius 2 is 0.842 bits per heavy atom. The van der Waals surface area contributed by atoms with Crippen molar-refractivity contribution < 1.29 is 0 Å². The molecule has 2 aromatic heterocycles. The first-order valence-corrected chi connectivity index (χ1v) is 26.6. The third kappa shape index (κ3) is 8.12. The van der Waals surface area contributed by atoms with E-state index in [4.69, 9.17) is 0 Å². The first-order chi connectivity index (χ1) is 37.7. The molecule has 76 heavy (non-hydrogen) atoms. The van der Waals surface area contributed by atoms with E-state index in [1.807, 2.05) is 0 Å². The second-order valence-corrected chi connectivity index (χ2v) is 20.0. The number of fused-ring (bicyclic) bond motifs is 6. The minimum atomic E-state index is 0.333. The summed E-state index contributed by atoms with van der Waals surface area (Å²) < 4.78 is 4.85. The number of nitrogens with zero attached hydrogens (tertiary/aromatic N) is 4. The van der Waals surface area contributed by atoms with E-state index in [9.17, 15) is 0 Å². The molecule has 2 aliphatic rings. The maximum Gasteiger partial charge on any atom is 0.0542 e. The van der Waals surface area contributed by atoms with Crippen molar-refractivity contribution in [3.05, 3.63) is 296 Å². The van der Waals surface area contributed by atoms with Gasteiger partial charge in [0, 0.05) is 73.0 Å². The van der Waals surface area contributed by atoms with Crippen molar-refractivity contribution in [1.82, 2.24) is 9.13 Å². The molecule has 362 valence electrons. The van der Waals surface area contributed by atoms with Crippen molar-refractivity contribution in [2.24, 2.45) is 0 Å². The number of hydrogen-bond donors (Lipinski definition) is 0. The molecule has 14 rings (SSSR count). The van der Waals surface area contributed by atoms with Crippen LogP contribution < -0.4 is 9.80 Å². The third-order valence-electron chi connectivity index (χ3n) is 15.5. The van der Waals surface area contributed by atoms with Crippen LogP contribution >= 0.6 is 0 Å². The lowest BCUT2D eigenvalue weighted by atomic mass is 9.91. The molecular formula is C72H54N4. The van der Waals surface area contributed by atoms with E-state index in [1.54, 1.807) is 0 Å². The molecule has 2 aliphatic carbocycles. The van der Waals surface area contributed by atoms with Gasteiger partial charge in [-0.15, -0.1) is 0 Å². The summed E-state index contributed by atoms with van der Waals surface area (Å²) in [5.41, 5.74) is 20.1. The van der Waals surface area contributed by atoms with Crippen LogP contribution in [0.3, 0.4) is 0 Å². The molecule has 4 nitrogen and oxygen atoms in total. The Morgan fingerprint density at radius 3 is 1.39 bits per heavy atom. The third-order valence-corrected chi connectivity index (χ3v) is 15.5. The summed E-state index contributed by atoms with van der Waals surface area (Å²) in [6, 6.07) is 90.9. The number of benzene rings is 10. The average molecular weight is 975 g/mol. The Morgan fingerprint density at radius 1 is 0.382 bits per heavy atom. The molecule has 0 saturated carbocycles. The molecule has 0 amide bonds. The van der Waals surface area contributed by atoms with Crippen LogP contribution in [0.5, 0.6) is 0 Å². The van der Waals surface area contributed by atoms with Gasteiger partial charge in [-0.2, -0.15) is 0 Å². The van der Waals surface area contributed by atoms with Gasteiger partial charge in [-0.25, -0.2) is 0 Å². The molecule has 0 fully saturated rings. The number of hydrogen-bond acceptors (Lipinski definition) is 2. The maximum absolute atomic E-state index is 2.46. The minimum absolute atomic E-state index is 0.333. The average Bonchev–Trinajstić information content (AvgIpc) is 4.02. The summed E-state index contributed by atoms with van der Waals surface area (Å²) in [5, 5.41) is 4.97. The molecular weight excluding hydrogens is 921 g/mol. The van der Waals surface area contributed by atoms with Gasteiger partial charge in [-0.1, -0.05) is 176 Å². The van der Waals surface area contributed by atoms with Crippen LogP contribution in [0, 0.1) is 0 Å². The van der Waals surface area contributed by atoms with Crippen LogP contribution in [0.25, 0.3) is 77.2 Å². The van der Waals surface area contributed by atoms with E-state index in [1.165, 1.54) is 71.7 Å². The highest BCUT2D eigenvalue weighted by Crippen LogP contribution is 2.43. The zero-order chi connectivity index (χ0) is 50.4. The Bertz CT molecular complexity index is 4210. The lowest BCUT2D eigenvalue weighted by molar-refractivity contribution is 0.840. The van der Waals surface area contributed by atoms with E-state index < -0.39 is 0 Å². The van der Waals surface area contributed by atoms with Gasteiger partial charge in [-0.05, 0) is 156 Å². The van der Waals surface area contributed by atoms with Gasteiger partial charge in [0.15, 0.2) is 0 Å². The fourth-order valence-electron chi connectivity index (χ4n) is 11.8. The fraction of sp³-hybridized carbons (Fsp3) is 0.0556. The molecule has 10 aromatic carbocycles. The number of allylic oxidation sites excluding steroid dienone is 7. The molecule has 1 atom stereocenters. The molecule has 0 spiro atoms. The van der Waals surface area contributed by atoms with Gasteiger partial charge in [0.25, 0.3) is 0 Å². The summed E-state index contributed by atoms with van der Waals surface area (Å²) in [7, 11) is 0. The van der Waals surface area contributed by atoms with Crippen LogP contribution in [0.1, 0.15) is 30.7 Å². The Balaban J connectivity index is 0.832. The second-order valence-electron chi connectivity index (χ2n) is 20.0. The first-order valence-electron chi connectivity index (χ1n) is 26.6. The molecule has 12 aromatic rings. The number of rotatable bonds is 11. The van der Waals surface area contributed by atoms with Crippen LogP contribution in [0.15, 0.2) is 291 Å². The first kappa shape index (κ1) is 45.0. The minimum Gasteiger partial charge on any atom is -0.313 e. The van der Waals surface area contributed by atoms with Crippen molar-refractivity contribution in [2.45, 2.75) is 25.2 Å². The molecule has 0 saturated heterocycles. The van der Waals surface area contributed by atoms with E-state index in [0.29, 0.717) is 5.92 Å². The molecule has 2 heterocycles. The fourth-order valence-corrected chi connectivity index (χ4v) is 11.8. The summed E-state index contributed by atoms with van der Waals surface area (Å²) >= 11 is 0.